The van der Waals surface area contributed by atoms with Crippen LogP contribution in [-0.2, 0) is 4.74 Å². The molecule has 1 aliphatic rings. The second-order valence-corrected chi connectivity index (χ2v) is 5.25. The van der Waals surface area contributed by atoms with E-state index < -0.39 is 0 Å². The molecule has 3 rings (SSSR count). The van der Waals surface area contributed by atoms with Crippen molar-refractivity contribution < 1.29 is 4.74 Å². The van der Waals surface area contributed by atoms with Crippen molar-refractivity contribution in [2.24, 2.45) is 0 Å². The van der Waals surface area contributed by atoms with Gasteiger partial charge in [-0.1, -0.05) is 15.9 Å². The Balaban J connectivity index is 2.16. The van der Waals surface area contributed by atoms with Gasteiger partial charge in [-0.3, -0.25) is 4.57 Å². The number of nitrogens with one attached hydrogen (secondary N) is 1. The molecule has 0 saturated carbocycles. The summed E-state index contributed by atoms with van der Waals surface area (Å²) in [7, 11) is 0. The second kappa shape index (κ2) is 4.31. The van der Waals surface area contributed by atoms with Crippen LogP contribution in [0, 0.1) is 0 Å². The Morgan fingerprint density at radius 3 is 3.12 bits per heavy atom. The number of aromatic amines is 1. The summed E-state index contributed by atoms with van der Waals surface area (Å²) in [5, 5.41) is 0. The number of aromatic nitrogens is 2. The molecule has 2 aromatic rings. The number of hydrogen-bond donors (Lipinski definition) is 1. The highest BCUT2D eigenvalue weighted by molar-refractivity contribution is 9.10. The molecule has 1 atom stereocenters. The molecule has 0 aliphatic carbocycles. The number of rotatable bonds is 1. The second-order valence-electron chi connectivity index (χ2n) is 4.33. The molecular weight excluding hydrogens is 284 g/mol. The lowest BCUT2D eigenvalue weighted by Gasteiger charge is -2.23. The summed E-state index contributed by atoms with van der Waals surface area (Å²) < 4.78 is 8.25. The van der Waals surface area contributed by atoms with Gasteiger partial charge in [-0.25, -0.2) is 4.79 Å². The normalized spacial score (nSPS) is 20.9. The van der Waals surface area contributed by atoms with Crippen LogP contribution < -0.4 is 5.69 Å². The van der Waals surface area contributed by atoms with Gasteiger partial charge in [-0.2, -0.15) is 0 Å². The maximum atomic E-state index is 12.0. The van der Waals surface area contributed by atoms with Crippen LogP contribution in [0.15, 0.2) is 27.5 Å². The van der Waals surface area contributed by atoms with E-state index in [2.05, 4.69) is 20.9 Å². The molecular formula is C12H13BrN2O2. The van der Waals surface area contributed by atoms with Crippen LogP contribution in [0.1, 0.15) is 18.9 Å². The number of benzene rings is 1. The number of hydrogen-bond acceptors (Lipinski definition) is 2. The minimum Gasteiger partial charge on any atom is -0.379 e. The molecule has 1 aromatic carbocycles. The number of H-pyrrole nitrogens is 1. The molecule has 90 valence electrons. The molecule has 0 radical (unpaired) electrons. The van der Waals surface area contributed by atoms with E-state index in [4.69, 9.17) is 4.74 Å². The van der Waals surface area contributed by atoms with Crippen LogP contribution in [0.5, 0.6) is 0 Å². The lowest BCUT2D eigenvalue weighted by Crippen LogP contribution is -2.28. The Morgan fingerprint density at radius 1 is 1.47 bits per heavy atom. The fourth-order valence-electron chi connectivity index (χ4n) is 2.38. The van der Waals surface area contributed by atoms with Crippen LogP contribution in [0.25, 0.3) is 11.0 Å². The van der Waals surface area contributed by atoms with Gasteiger partial charge in [0, 0.05) is 11.1 Å². The molecule has 1 N–H and O–H groups in total. The minimum atomic E-state index is -0.0476. The predicted molar refractivity (Wildman–Crippen MR) is 69.3 cm³/mol. The van der Waals surface area contributed by atoms with E-state index >= 15 is 0 Å². The molecule has 1 saturated heterocycles. The van der Waals surface area contributed by atoms with Crippen molar-refractivity contribution in [2.45, 2.75) is 18.9 Å². The zero-order chi connectivity index (χ0) is 11.8. The first-order valence-electron chi connectivity index (χ1n) is 5.73. The van der Waals surface area contributed by atoms with Crippen LogP contribution in [0.2, 0.25) is 0 Å². The van der Waals surface area contributed by atoms with Crippen LogP contribution in [0.3, 0.4) is 0 Å². The maximum Gasteiger partial charge on any atom is 0.326 e. The van der Waals surface area contributed by atoms with E-state index in [0.717, 1.165) is 35.0 Å². The summed E-state index contributed by atoms with van der Waals surface area (Å²) in [6, 6.07) is 5.97. The van der Waals surface area contributed by atoms with Gasteiger partial charge in [0.25, 0.3) is 0 Å². The number of nitrogens with zero attached hydrogens (tertiary/aromatic N) is 1. The van der Waals surface area contributed by atoms with Crippen molar-refractivity contribution in [3.63, 3.8) is 0 Å². The van der Waals surface area contributed by atoms with Crippen LogP contribution in [-0.4, -0.2) is 22.8 Å². The summed E-state index contributed by atoms with van der Waals surface area (Å²) >= 11 is 3.44. The quantitative estimate of drug-likeness (QED) is 0.879. The number of halogens is 1. The summed E-state index contributed by atoms with van der Waals surface area (Å²) in [5.74, 6) is 0. The number of imidazole rings is 1. The maximum absolute atomic E-state index is 12.0. The summed E-state index contributed by atoms with van der Waals surface area (Å²) in [6.07, 6.45) is 2.01. The average Bonchev–Trinajstić information content (AvgIpc) is 2.65. The van der Waals surface area contributed by atoms with E-state index in [0.29, 0.717) is 6.61 Å². The van der Waals surface area contributed by atoms with Gasteiger partial charge in [-0.15, -0.1) is 0 Å². The van der Waals surface area contributed by atoms with Gasteiger partial charge in [0.15, 0.2) is 0 Å². The van der Waals surface area contributed by atoms with E-state index in [9.17, 15) is 4.79 Å². The number of fused-ring (bicyclic) bond motifs is 1. The first-order chi connectivity index (χ1) is 8.25. The Labute approximate surface area is 107 Å². The Hall–Kier alpha value is -1.07. The Kier molecular flexibility index (Phi) is 2.80. The van der Waals surface area contributed by atoms with Gasteiger partial charge in [0.2, 0.25) is 0 Å². The van der Waals surface area contributed by atoms with Gasteiger partial charge in [0.05, 0.1) is 23.7 Å². The summed E-state index contributed by atoms with van der Waals surface area (Å²) in [6.45, 7) is 1.43. The SMILES string of the molecule is O=c1[nH]c2ccc(Br)cc2n1C1CCCOC1. The van der Waals surface area contributed by atoms with Crippen molar-refractivity contribution in [2.75, 3.05) is 13.2 Å². The number of ether oxygens (including phenoxy) is 1. The summed E-state index contributed by atoms with van der Waals surface area (Å²) in [5.41, 5.74) is 1.78. The van der Waals surface area contributed by atoms with E-state index in [1.54, 1.807) is 0 Å². The lowest BCUT2D eigenvalue weighted by molar-refractivity contribution is 0.0595. The largest absolute Gasteiger partial charge is 0.379 e. The van der Waals surface area contributed by atoms with Gasteiger partial charge >= 0.3 is 5.69 Å². The third-order valence-corrected chi connectivity index (χ3v) is 3.67. The molecule has 0 bridgehead atoms. The highest BCUT2D eigenvalue weighted by atomic mass is 79.9. The average molecular weight is 297 g/mol. The van der Waals surface area contributed by atoms with E-state index in [1.807, 2.05) is 22.8 Å². The monoisotopic (exact) mass is 296 g/mol. The first-order valence-corrected chi connectivity index (χ1v) is 6.52. The van der Waals surface area contributed by atoms with Crippen molar-refractivity contribution in [3.05, 3.63) is 33.2 Å². The molecule has 1 unspecified atom stereocenters. The molecule has 5 heteroatoms. The van der Waals surface area contributed by atoms with Gasteiger partial charge < -0.3 is 9.72 Å². The molecule has 17 heavy (non-hydrogen) atoms. The fourth-order valence-corrected chi connectivity index (χ4v) is 2.73. The molecule has 1 aliphatic heterocycles. The van der Waals surface area contributed by atoms with Crippen molar-refractivity contribution in [3.8, 4) is 0 Å². The van der Waals surface area contributed by atoms with Crippen LogP contribution >= 0.6 is 15.9 Å². The first kappa shape index (κ1) is 11.0. The van der Waals surface area contributed by atoms with Gasteiger partial charge in [-0.05, 0) is 31.0 Å². The standard InChI is InChI=1S/C12H13BrN2O2/c13-8-3-4-10-11(6-8)15(12(16)14-10)9-2-1-5-17-7-9/h3-4,6,9H,1-2,5,7H2,(H,14,16). The highest BCUT2D eigenvalue weighted by Crippen LogP contribution is 2.24. The highest BCUT2D eigenvalue weighted by Gasteiger charge is 2.20. The third-order valence-electron chi connectivity index (χ3n) is 3.18. The molecule has 4 nitrogen and oxygen atoms in total. The van der Waals surface area contributed by atoms with E-state index in [1.165, 1.54) is 0 Å². The lowest BCUT2D eigenvalue weighted by atomic mass is 10.1. The summed E-state index contributed by atoms with van der Waals surface area (Å²) in [4.78, 5) is 14.9. The predicted octanol–water partition coefficient (Wildman–Crippen LogP) is 2.44. The van der Waals surface area contributed by atoms with Crippen LogP contribution in [0.4, 0.5) is 0 Å². The molecule has 0 amide bonds. The van der Waals surface area contributed by atoms with Crippen molar-refractivity contribution in [1.82, 2.24) is 9.55 Å². The molecule has 1 aromatic heterocycles. The van der Waals surface area contributed by atoms with Crippen molar-refractivity contribution >= 4 is 27.0 Å². The zero-order valence-electron chi connectivity index (χ0n) is 9.28. The smallest absolute Gasteiger partial charge is 0.326 e. The van der Waals surface area contributed by atoms with E-state index in [-0.39, 0.29) is 11.7 Å². The third kappa shape index (κ3) is 1.93. The van der Waals surface area contributed by atoms with Crippen molar-refractivity contribution in [1.29, 1.82) is 0 Å². The molecule has 1 fully saturated rings. The van der Waals surface area contributed by atoms with Gasteiger partial charge in [0.1, 0.15) is 0 Å². The Bertz CT molecular complexity index is 596. The molecule has 2 heterocycles. The zero-order valence-corrected chi connectivity index (χ0v) is 10.9. The molecule has 0 spiro atoms. The Morgan fingerprint density at radius 2 is 2.35 bits per heavy atom. The topological polar surface area (TPSA) is 47.0 Å². The minimum absolute atomic E-state index is 0.0476. The fraction of sp³-hybridized carbons (Fsp3) is 0.417.